The summed E-state index contributed by atoms with van der Waals surface area (Å²) < 4.78 is 1.60. The normalized spacial score (nSPS) is 18.9. The number of urea groups is 1. The van der Waals surface area contributed by atoms with E-state index in [0.717, 1.165) is 27.9 Å². The lowest BCUT2D eigenvalue weighted by molar-refractivity contribution is -0.131. The molecule has 4 rings (SSSR count). The van der Waals surface area contributed by atoms with E-state index >= 15 is 0 Å². The molecule has 0 radical (unpaired) electrons. The van der Waals surface area contributed by atoms with Crippen molar-refractivity contribution in [3.8, 4) is 5.69 Å². The van der Waals surface area contributed by atoms with Crippen molar-refractivity contribution in [3.05, 3.63) is 70.5 Å². The van der Waals surface area contributed by atoms with Gasteiger partial charge in [-0.2, -0.15) is 4.68 Å². The monoisotopic (exact) mass is 432 g/mol. The smallest absolute Gasteiger partial charge is 0.319 e. The van der Waals surface area contributed by atoms with Crippen LogP contribution in [0.2, 0.25) is 0 Å². The minimum atomic E-state index is -1.15. The van der Waals surface area contributed by atoms with Crippen LogP contribution in [0.1, 0.15) is 55.8 Å². The molecule has 3 amide bonds. The molecule has 166 valence electrons. The predicted octanol–water partition coefficient (Wildman–Crippen LogP) is 3.54. The Hall–Kier alpha value is -3.55. The third-order valence-electron chi connectivity index (χ3n) is 6.09. The van der Waals surface area contributed by atoms with E-state index in [4.69, 9.17) is 0 Å². The number of benzene rings is 2. The maximum Gasteiger partial charge on any atom is 0.325 e. The van der Waals surface area contributed by atoms with Crippen molar-refractivity contribution in [3.63, 3.8) is 0 Å². The van der Waals surface area contributed by atoms with Gasteiger partial charge in [-0.1, -0.05) is 63.2 Å². The molecular weight excluding hydrogens is 404 g/mol. The summed E-state index contributed by atoms with van der Waals surface area (Å²) in [5.41, 5.74) is 3.59. The fourth-order valence-electron chi connectivity index (χ4n) is 4.10. The molecule has 1 aliphatic heterocycles. The molecule has 1 N–H and O–H groups in total. The van der Waals surface area contributed by atoms with E-state index in [0.29, 0.717) is 5.82 Å². The molecule has 2 aromatic carbocycles. The Morgan fingerprint density at radius 3 is 2.22 bits per heavy atom. The van der Waals surface area contributed by atoms with Gasteiger partial charge in [-0.05, 0) is 58.9 Å². The van der Waals surface area contributed by atoms with Crippen LogP contribution >= 0.6 is 0 Å². The number of carbonyl (C=O) groups is 2. The van der Waals surface area contributed by atoms with E-state index in [1.165, 1.54) is 4.90 Å². The molecule has 0 bridgehead atoms. The number of imide groups is 1. The molecule has 32 heavy (non-hydrogen) atoms. The first-order valence-corrected chi connectivity index (χ1v) is 10.6. The van der Waals surface area contributed by atoms with Gasteiger partial charge in [-0.3, -0.25) is 9.69 Å². The highest BCUT2D eigenvalue weighted by Crippen LogP contribution is 2.32. The summed E-state index contributed by atoms with van der Waals surface area (Å²) >= 11 is 0. The van der Waals surface area contributed by atoms with Crippen LogP contribution in [0.5, 0.6) is 0 Å². The number of hydrogen-bond donors (Lipinski definition) is 1. The van der Waals surface area contributed by atoms with Crippen molar-refractivity contribution in [2.45, 2.75) is 59.0 Å². The van der Waals surface area contributed by atoms with Gasteiger partial charge < -0.3 is 5.32 Å². The van der Waals surface area contributed by atoms with Gasteiger partial charge in [0.25, 0.3) is 5.91 Å². The second-order valence-corrected chi connectivity index (χ2v) is 9.52. The fourth-order valence-corrected chi connectivity index (χ4v) is 4.10. The first-order valence-electron chi connectivity index (χ1n) is 10.6. The average molecular weight is 433 g/mol. The Morgan fingerprint density at radius 2 is 1.62 bits per heavy atom. The van der Waals surface area contributed by atoms with Crippen LogP contribution in [-0.4, -0.2) is 37.0 Å². The van der Waals surface area contributed by atoms with Gasteiger partial charge in [0.2, 0.25) is 0 Å². The molecule has 1 atom stereocenters. The van der Waals surface area contributed by atoms with E-state index in [-0.39, 0.29) is 17.9 Å². The number of aromatic nitrogens is 4. The number of amides is 3. The number of rotatable bonds is 4. The molecule has 0 aliphatic carbocycles. The summed E-state index contributed by atoms with van der Waals surface area (Å²) in [6, 6.07) is 13.3. The van der Waals surface area contributed by atoms with E-state index in [1.807, 2.05) is 56.3 Å². The summed E-state index contributed by atoms with van der Waals surface area (Å²) in [6.07, 6.45) is 0. The minimum Gasteiger partial charge on any atom is -0.319 e. The molecule has 2 heterocycles. The number of para-hydroxylation sites is 1. The predicted molar refractivity (Wildman–Crippen MR) is 120 cm³/mol. The number of hydrogen-bond acceptors (Lipinski definition) is 5. The lowest BCUT2D eigenvalue weighted by Gasteiger charge is -2.24. The Labute approximate surface area is 187 Å². The summed E-state index contributed by atoms with van der Waals surface area (Å²) in [5.74, 6) is 0.0836. The van der Waals surface area contributed by atoms with Crippen molar-refractivity contribution in [2.75, 3.05) is 0 Å². The standard InChI is InChI=1S/C24H28N6O2/c1-15-8-7-9-16(2)20(15)30-19(26-27-28-30)14-29-21(31)24(6,25-22(29)32)18-12-10-17(11-13-18)23(3,4)5/h7-13H,14H2,1-6H3,(H,25,32). The molecule has 1 aliphatic rings. The van der Waals surface area contributed by atoms with E-state index in [9.17, 15) is 9.59 Å². The van der Waals surface area contributed by atoms with Gasteiger partial charge in [-0.25, -0.2) is 4.79 Å². The number of aryl methyl sites for hydroxylation is 2. The van der Waals surface area contributed by atoms with E-state index in [1.54, 1.807) is 11.6 Å². The highest BCUT2D eigenvalue weighted by molar-refractivity contribution is 6.07. The van der Waals surface area contributed by atoms with E-state index in [2.05, 4.69) is 41.6 Å². The Balaban J connectivity index is 1.63. The maximum absolute atomic E-state index is 13.4. The molecule has 1 saturated heterocycles. The zero-order chi connectivity index (χ0) is 23.3. The third-order valence-corrected chi connectivity index (χ3v) is 6.09. The van der Waals surface area contributed by atoms with Crippen LogP contribution in [0.3, 0.4) is 0 Å². The third kappa shape index (κ3) is 3.55. The van der Waals surface area contributed by atoms with Gasteiger partial charge in [-0.15, -0.1) is 5.10 Å². The maximum atomic E-state index is 13.4. The molecule has 8 nitrogen and oxygen atoms in total. The molecule has 3 aromatic rings. The number of nitrogens with one attached hydrogen (secondary N) is 1. The summed E-state index contributed by atoms with van der Waals surface area (Å²) in [7, 11) is 0. The van der Waals surface area contributed by atoms with Crippen molar-refractivity contribution in [1.29, 1.82) is 0 Å². The van der Waals surface area contributed by atoms with Crippen LogP contribution < -0.4 is 5.32 Å². The summed E-state index contributed by atoms with van der Waals surface area (Å²) in [4.78, 5) is 27.4. The van der Waals surface area contributed by atoms with Crippen LogP contribution in [0.15, 0.2) is 42.5 Å². The zero-order valence-electron chi connectivity index (χ0n) is 19.3. The first kappa shape index (κ1) is 21.7. The molecule has 0 saturated carbocycles. The number of tetrazole rings is 1. The summed E-state index contributed by atoms with van der Waals surface area (Å²) in [6.45, 7) is 12.0. The highest BCUT2D eigenvalue weighted by Gasteiger charge is 2.49. The van der Waals surface area contributed by atoms with Gasteiger partial charge in [0.05, 0.1) is 12.2 Å². The largest absolute Gasteiger partial charge is 0.325 e. The molecule has 1 aromatic heterocycles. The minimum absolute atomic E-state index is 0.000814. The number of carbonyl (C=O) groups excluding carboxylic acids is 2. The Morgan fingerprint density at radius 1 is 1.00 bits per heavy atom. The van der Waals surface area contributed by atoms with Gasteiger partial charge >= 0.3 is 6.03 Å². The lowest BCUT2D eigenvalue weighted by Crippen LogP contribution is -2.41. The van der Waals surface area contributed by atoms with E-state index < -0.39 is 11.6 Å². The van der Waals surface area contributed by atoms with Crippen molar-refractivity contribution in [1.82, 2.24) is 30.4 Å². The van der Waals surface area contributed by atoms with Gasteiger partial charge in [0.15, 0.2) is 5.82 Å². The van der Waals surface area contributed by atoms with Gasteiger partial charge in [0.1, 0.15) is 5.54 Å². The molecule has 0 spiro atoms. The van der Waals surface area contributed by atoms with Crippen LogP contribution in [-0.2, 0) is 22.3 Å². The van der Waals surface area contributed by atoms with Crippen LogP contribution in [0.4, 0.5) is 4.79 Å². The topological polar surface area (TPSA) is 93.0 Å². The zero-order valence-corrected chi connectivity index (χ0v) is 19.3. The second kappa shape index (κ2) is 7.55. The molecule has 1 unspecified atom stereocenters. The molecule has 1 fully saturated rings. The Bertz CT molecular complexity index is 1170. The second-order valence-electron chi connectivity index (χ2n) is 9.52. The number of nitrogens with zero attached hydrogens (tertiary/aromatic N) is 5. The highest BCUT2D eigenvalue weighted by atomic mass is 16.2. The van der Waals surface area contributed by atoms with Crippen LogP contribution in [0, 0.1) is 13.8 Å². The van der Waals surface area contributed by atoms with Crippen molar-refractivity contribution >= 4 is 11.9 Å². The molecule has 8 heteroatoms. The van der Waals surface area contributed by atoms with Crippen molar-refractivity contribution < 1.29 is 9.59 Å². The summed E-state index contributed by atoms with van der Waals surface area (Å²) in [5, 5.41) is 14.9. The SMILES string of the molecule is Cc1cccc(C)c1-n1nnnc1CN1C(=O)NC(C)(c2ccc(C(C)(C)C)cc2)C1=O. The van der Waals surface area contributed by atoms with Crippen molar-refractivity contribution in [2.24, 2.45) is 0 Å². The fraction of sp³-hybridized carbons (Fsp3) is 0.375. The first-order chi connectivity index (χ1) is 15.0. The Kier molecular flexibility index (Phi) is 5.11. The lowest BCUT2D eigenvalue weighted by atomic mass is 9.84. The molecular formula is C24H28N6O2. The van der Waals surface area contributed by atoms with Gasteiger partial charge in [0, 0.05) is 0 Å². The quantitative estimate of drug-likeness (QED) is 0.637. The average Bonchev–Trinajstić information content (AvgIpc) is 3.26. The van der Waals surface area contributed by atoms with Crippen LogP contribution in [0.25, 0.3) is 5.69 Å².